The van der Waals surface area contributed by atoms with Crippen molar-refractivity contribution >= 4 is 45.5 Å². The molecule has 7 N–H and O–H groups in total. The Hall–Kier alpha value is -3.61. The number of benzene rings is 1. The molecule has 0 bridgehead atoms. The average molecular weight is 512 g/mol. The second-order valence-corrected chi connectivity index (χ2v) is 7.37. The number of aromatic nitrogens is 2. The number of nitrogens with zero attached hydrogens (tertiary/aromatic N) is 2. The van der Waals surface area contributed by atoms with Gasteiger partial charge < -0.3 is 36.5 Å². The molecule has 1 amide bonds. The molecule has 0 spiro atoms. The minimum absolute atomic E-state index is 0.0652. The van der Waals surface area contributed by atoms with E-state index in [0.29, 0.717) is 28.0 Å². The van der Waals surface area contributed by atoms with Gasteiger partial charge in [-0.15, -0.1) is 0 Å². The molecule has 1 atom stereocenters. The van der Waals surface area contributed by atoms with E-state index in [4.69, 9.17) is 31.2 Å². The molecule has 13 heteroatoms. The quantitative estimate of drug-likeness (QED) is 0.285. The first-order valence-corrected chi connectivity index (χ1v) is 10.00. The zero-order chi connectivity index (χ0) is 23.8. The van der Waals surface area contributed by atoms with Crippen LogP contribution in [0.2, 0.25) is 0 Å². The van der Waals surface area contributed by atoms with Crippen molar-refractivity contribution < 1.29 is 34.1 Å². The second kappa shape index (κ2) is 11.1. The Morgan fingerprint density at radius 3 is 2.50 bits per heavy atom. The van der Waals surface area contributed by atoms with Crippen LogP contribution in [0.4, 0.5) is 11.8 Å². The van der Waals surface area contributed by atoms with Gasteiger partial charge in [0.15, 0.2) is 0 Å². The normalized spacial score (nSPS) is 11.4. The van der Waals surface area contributed by atoms with Crippen molar-refractivity contribution in [3.8, 4) is 11.5 Å². The first-order chi connectivity index (χ1) is 15.1. The third kappa shape index (κ3) is 6.97. The maximum absolute atomic E-state index is 12.0. The molecule has 172 valence electrons. The number of nitrogen functional groups attached to an aromatic ring is 2. The van der Waals surface area contributed by atoms with Crippen molar-refractivity contribution in [1.82, 2.24) is 15.3 Å². The lowest BCUT2D eigenvalue weighted by atomic mass is 10.1. The standard InChI is InChI=1S/C19H22BrN5O7/c1-31-12-5-9(4-10-8-23-19(22)25-17(10)21)6-13(16(12)20)32-3-2-14(26)24-11(18(29)30)7-15(27)28/h5-6,8,11H,2-4,7H2,1H3,(H,24,26)(H,27,28)(H,29,30)(H4,21,22,23,25). The van der Waals surface area contributed by atoms with E-state index in [1.807, 2.05) is 0 Å². The lowest BCUT2D eigenvalue weighted by molar-refractivity contribution is -0.147. The van der Waals surface area contributed by atoms with E-state index in [1.54, 1.807) is 12.1 Å². The third-order valence-electron chi connectivity index (χ3n) is 4.20. The van der Waals surface area contributed by atoms with Crippen LogP contribution in [0.1, 0.15) is 24.0 Å². The Morgan fingerprint density at radius 1 is 1.22 bits per heavy atom. The van der Waals surface area contributed by atoms with E-state index < -0.39 is 30.3 Å². The number of aliphatic carboxylic acids is 2. The summed E-state index contributed by atoms with van der Waals surface area (Å²) in [6.45, 7) is -0.0937. The van der Waals surface area contributed by atoms with Crippen LogP contribution in [0.3, 0.4) is 0 Å². The number of carbonyl (C=O) groups excluding carboxylic acids is 1. The zero-order valence-electron chi connectivity index (χ0n) is 17.0. The fraction of sp³-hybridized carbons (Fsp3) is 0.316. The molecule has 2 rings (SSSR count). The van der Waals surface area contributed by atoms with Crippen LogP contribution >= 0.6 is 15.9 Å². The number of hydrogen-bond acceptors (Lipinski definition) is 9. The van der Waals surface area contributed by atoms with Crippen molar-refractivity contribution in [3.05, 3.63) is 33.9 Å². The first-order valence-electron chi connectivity index (χ1n) is 9.20. The van der Waals surface area contributed by atoms with Crippen molar-refractivity contribution in [2.24, 2.45) is 0 Å². The van der Waals surface area contributed by atoms with Crippen LogP contribution in [-0.4, -0.2) is 57.8 Å². The first kappa shape index (κ1) is 24.7. The molecule has 2 aromatic rings. The third-order valence-corrected chi connectivity index (χ3v) is 4.98. The number of hydrogen-bond donors (Lipinski definition) is 5. The van der Waals surface area contributed by atoms with Crippen LogP contribution < -0.4 is 26.3 Å². The van der Waals surface area contributed by atoms with Gasteiger partial charge in [-0.2, -0.15) is 4.98 Å². The molecular formula is C19H22BrN5O7. The lowest BCUT2D eigenvalue weighted by Crippen LogP contribution is -2.42. The number of nitrogens with two attached hydrogens (primary N) is 2. The largest absolute Gasteiger partial charge is 0.495 e. The van der Waals surface area contributed by atoms with Crippen LogP contribution in [0.25, 0.3) is 0 Å². The van der Waals surface area contributed by atoms with E-state index >= 15 is 0 Å². The molecule has 1 heterocycles. The molecule has 0 fully saturated rings. The Morgan fingerprint density at radius 2 is 1.91 bits per heavy atom. The van der Waals surface area contributed by atoms with Crippen LogP contribution in [0.5, 0.6) is 11.5 Å². The van der Waals surface area contributed by atoms with Crippen molar-refractivity contribution in [2.45, 2.75) is 25.3 Å². The van der Waals surface area contributed by atoms with E-state index in [1.165, 1.54) is 13.3 Å². The lowest BCUT2D eigenvalue weighted by Gasteiger charge is -2.15. The summed E-state index contributed by atoms with van der Waals surface area (Å²) in [5.74, 6) is -2.28. The number of ether oxygens (including phenoxy) is 2. The number of halogens is 1. The van der Waals surface area contributed by atoms with E-state index in [-0.39, 0.29) is 24.8 Å². The molecule has 1 unspecified atom stereocenters. The van der Waals surface area contributed by atoms with Gasteiger partial charge in [0.25, 0.3) is 0 Å². The number of carboxylic acids is 2. The van der Waals surface area contributed by atoms with Crippen LogP contribution in [0, 0.1) is 0 Å². The Labute approximate surface area is 191 Å². The molecule has 1 aromatic heterocycles. The van der Waals surface area contributed by atoms with E-state index in [9.17, 15) is 14.4 Å². The summed E-state index contributed by atoms with van der Waals surface area (Å²) in [5.41, 5.74) is 12.8. The Kier molecular flexibility index (Phi) is 8.58. The van der Waals surface area contributed by atoms with Crippen LogP contribution in [0.15, 0.2) is 22.8 Å². The number of rotatable bonds is 11. The molecule has 0 aliphatic heterocycles. The summed E-state index contributed by atoms with van der Waals surface area (Å²) in [4.78, 5) is 41.6. The number of carbonyl (C=O) groups is 3. The summed E-state index contributed by atoms with van der Waals surface area (Å²) in [6.07, 6.45) is 0.959. The van der Waals surface area contributed by atoms with Gasteiger partial charge in [-0.25, -0.2) is 9.78 Å². The number of anilines is 2. The van der Waals surface area contributed by atoms with Gasteiger partial charge in [0.2, 0.25) is 11.9 Å². The van der Waals surface area contributed by atoms with Gasteiger partial charge in [0.05, 0.1) is 26.6 Å². The minimum Gasteiger partial charge on any atom is -0.495 e. The maximum atomic E-state index is 12.0. The highest BCUT2D eigenvalue weighted by Gasteiger charge is 2.23. The van der Waals surface area contributed by atoms with Crippen molar-refractivity contribution in [2.75, 3.05) is 25.2 Å². The summed E-state index contributed by atoms with van der Waals surface area (Å²) in [7, 11) is 1.48. The predicted molar refractivity (Wildman–Crippen MR) is 116 cm³/mol. The van der Waals surface area contributed by atoms with E-state index in [0.717, 1.165) is 5.56 Å². The SMILES string of the molecule is COc1cc(Cc2cnc(N)nc2N)cc(OCCC(=O)NC(CC(=O)O)C(=O)O)c1Br. The van der Waals surface area contributed by atoms with E-state index in [2.05, 4.69) is 31.2 Å². The van der Waals surface area contributed by atoms with Gasteiger partial charge in [-0.05, 0) is 33.6 Å². The Balaban J connectivity index is 2.07. The van der Waals surface area contributed by atoms with Gasteiger partial charge in [-0.3, -0.25) is 9.59 Å². The topological polar surface area (TPSA) is 200 Å². The summed E-state index contributed by atoms with van der Waals surface area (Å²) in [5, 5.41) is 19.9. The van der Waals surface area contributed by atoms with Gasteiger partial charge in [0.1, 0.15) is 27.8 Å². The zero-order valence-corrected chi connectivity index (χ0v) is 18.6. The van der Waals surface area contributed by atoms with Crippen LogP contribution in [-0.2, 0) is 20.8 Å². The molecule has 0 radical (unpaired) electrons. The highest BCUT2D eigenvalue weighted by Crippen LogP contribution is 2.36. The molecule has 0 aliphatic rings. The molecule has 0 saturated carbocycles. The number of methoxy groups -OCH3 is 1. The smallest absolute Gasteiger partial charge is 0.326 e. The van der Waals surface area contributed by atoms with Gasteiger partial charge >= 0.3 is 11.9 Å². The monoisotopic (exact) mass is 511 g/mol. The van der Waals surface area contributed by atoms with Gasteiger partial charge in [0, 0.05) is 18.2 Å². The number of amides is 1. The molecule has 32 heavy (non-hydrogen) atoms. The average Bonchev–Trinajstić information content (AvgIpc) is 2.71. The highest BCUT2D eigenvalue weighted by atomic mass is 79.9. The molecular weight excluding hydrogens is 490 g/mol. The fourth-order valence-corrected chi connectivity index (χ4v) is 3.17. The summed E-state index contributed by atoms with van der Waals surface area (Å²) in [6, 6.07) is 1.95. The minimum atomic E-state index is -1.53. The fourth-order valence-electron chi connectivity index (χ4n) is 2.67. The maximum Gasteiger partial charge on any atom is 0.326 e. The van der Waals surface area contributed by atoms with Crippen molar-refractivity contribution in [3.63, 3.8) is 0 Å². The highest BCUT2D eigenvalue weighted by molar-refractivity contribution is 9.10. The van der Waals surface area contributed by atoms with Gasteiger partial charge in [-0.1, -0.05) is 0 Å². The predicted octanol–water partition coefficient (Wildman–Crippen LogP) is 0.816. The number of nitrogens with one attached hydrogen (secondary N) is 1. The summed E-state index contributed by atoms with van der Waals surface area (Å²) >= 11 is 3.38. The van der Waals surface area contributed by atoms with Crippen molar-refractivity contribution in [1.29, 1.82) is 0 Å². The number of carboxylic acid groups (broad SMARTS) is 2. The molecule has 0 saturated heterocycles. The molecule has 1 aromatic carbocycles. The second-order valence-electron chi connectivity index (χ2n) is 6.58. The molecule has 12 nitrogen and oxygen atoms in total. The Bertz CT molecular complexity index is 1020. The molecule has 0 aliphatic carbocycles. The summed E-state index contributed by atoms with van der Waals surface area (Å²) < 4.78 is 11.5.